The van der Waals surface area contributed by atoms with E-state index in [9.17, 15) is 8.42 Å². The van der Waals surface area contributed by atoms with Gasteiger partial charge in [-0.1, -0.05) is 12.1 Å². The average molecular weight is 400 g/mol. The monoisotopic (exact) mass is 400 g/mol. The lowest BCUT2D eigenvalue weighted by Gasteiger charge is -2.12. The Labute approximate surface area is 163 Å². The number of sulfonamides is 1. The third-order valence-corrected chi connectivity index (χ3v) is 5.74. The summed E-state index contributed by atoms with van der Waals surface area (Å²) in [5.74, 6) is 1.67. The number of hydrogen-bond acceptors (Lipinski definition) is 6. The molecular formula is C19H20N4O4S. The van der Waals surface area contributed by atoms with Gasteiger partial charge in [0.15, 0.2) is 17.3 Å². The largest absolute Gasteiger partial charge is 0.490 e. The molecule has 0 spiro atoms. The van der Waals surface area contributed by atoms with Crippen molar-refractivity contribution in [1.29, 1.82) is 0 Å². The Bertz CT molecular complexity index is 1090. The Balaban J connectivity index is 1.62. The second-order valence-electron chi connectivity index (χ2n) is 6.29. The van der Waals surface area contributed by atoms with Crippen LogP contribution in [0.1, 0.15) is 13.3 Å². The molecule has 0 amide bonds. The lowest BCUT2D eigenvalue weighted by Crippen LogP contribution is -2.13. The fourth-order valence-electron chi connectivity index (χ4n) is 2.96. The minimum Gasteiger partial charge on any atom is -0.490 e. The molecule has 0 fully saturated rings. The first-order valence-electron chi connectivity index (χ1n) is 8.97. The highest BCUT2D eigenvalue weighted by Gasteiger charge is 2.19. The van der Waals surface area contributed by atoms with Crippen LogP contribution in [0.2, 0.25) is 0 Å². The van der Waals surface area contributed by atoms with Crippen LogP contribution in [0.5, 0.6) is 11.5 Å². The maximum Gasteiger partial charge on any atom is 0.262 e. The van der Waals surface area contributed by atoms with Gasteiger partial charge in [0, 0.05) is 30.3 Å². The van der Waals surface area contributed by atoms with E-state index in [-0.39, 0.29) is 4.90 Å². The highest BCUT2D eigenvalue weighted by molar-refractivity contribution is 7.92. The number of hydrogen-bond donors (Lipinski definition) is 1. The lowest BCUT2D eigenvalue weighted by atomic mass is 10.2. The van der Waals surface area contributed by atoms with E-state index >= 15 is 0 Å². The molecule has 0 radical (unpaired) electrons. The Morgan fingerprint density at radius 3 is 2.75 bits per heavy atom. The van der Waals surface area contributed by atoms with Crippen molar-refractivity contribution in [2.75, 3.05) is 17.9 Å². The second kappa shape index (κ2) is 7.51. The number of anilines is 1. The van der Waals surface area contributed by atoms with E-state index in [1.807, 2.05) is 17.6 Å². The molecule has 146 valence electrons. The molecule has 0 saturated heterocycles. The first-order valence-corrected chi connectivity index (χ1v) is 10.5. The van der Waals surface area contributed by atoms with Crippen molar-refractivity contribution in [3.8, 4) is 22.9 Å². The minimum absolute atomic E-state index is 0.110. The van der Waals surface area contributed by atoms with Gasteiger partial charge in [0.2, 0.25) is 0 Å². The summed E-state index contributed by atoms with van der Waals surface area (Å²) in [6.45, 7) is 3.75. The Kier molecular flexibility index (Phi) is 4.91. The van der Waals surface area contributed by atoms with Gasteiger partial charge in [0.05, 0.1) is 18.1 Å². The van der Waals surface area contributed by atoms with Crippen LogP contribution in [0.15, 0.2) is 53.7 Å². The molecule has 3 aromatic rings. The zero-order chi connectivity index (χ0) is 19.6. The van der Waals surface area contributed by atoms with E-state index in [2.05, 4.69) is 14.9 Å². The molecule has 0 saturated carbocycles. The van der Waals surface area contributed by atoms with E-state index in [0.717, 1.165) is 18.5 Å². The van der Waals surface area contributed by atoms with Crippen molar-refractivity contribution in [1.82, 2.24) is 14.8 Å². The van der Waals surface area contributed by atoms with Crippen molar-refractivity contribution in [2.45, 2.75) is 24.8 Å². The van der Waals surface area contributed by atoms with Gasteiger partial charge in [-0.15, -0.1) is 10.2 Å². The van der Waals surface area contributed by atoms with Crippen LogP contribution in [0.3, 0.4) is 0 Å². The van der Waals surface area contributed by atoms with Crippen LogP contribution in [-0.4, -0.2) is 36.4 Å². The molecule has 8 nitrogen and oxygen atoms in total. The summed E-state index contributed by atoms with van der Waals surface area (Å²) in [6, 6.07) is 11.7. The normalized spacial score (nSPS) is 13.8. The number of fused-ring (bicyclic) bond motifs is 1. The number of ether oxygens (including phenoxy) is 2. The molecule has 4 rings (SSSR count). The van der Waals surface area contributed by atoms with Gasteiger partial charge in [-0.3, -0.25) is 4.72 Å². The predicted molar refractivity (Wildman–Crippen MR) is 104 cm³/mol. The Hall–Kier alpha value is -3.07. The Morgan fingerprint density at radius 2 is 1.93 bits per heavy atom. The van der Waals surface area contributed by atoms with Gasteiger partial charge < -0.3 is 14.0 Å². The molecule has 9 heteroatoms. The Morgan fingerprint density at radius 1 is 1.11 bits per heavy atom. The van der Waals surface area contributed by atoms with Gasteiger partial charge in [0.1, 0.15) is 6.33 Å². The van der Waals surface area contributed by atoms with Gasteiger partial charge >= 0.3 is 0 Å². The molecule has 0 unspecified atom stereocenters. The number of aromatic nitrogens is 3. The lowest BCUT2D eigenvalue weighted by molar-refractivity contribution is 0.297. The summed E-state index contributed by atoms with van der Waals surface area (Å²) in [7, 11) is -3.79. The quantitative estimate of drug-likeness (QED) is 0.708. The number of nitrogens with zero attached hydrogens (tertiary/aromatic N) is 3. The second-order valence-corrected chi connectivity index (χ2v) is 7.97. The van der Waals surface area contributed by atoms with Gasteiger partial charge in [-0.2, -0.15) is 0 Å². The van der Waals surface area contributed by atoms with Crippen molar-refractivity contribution in [3.63, 3.8) is 0 Å². The molecule has 0 bridgehead atoms. The average Bonchev–Trinajstić information content (AvgIpc) is 3.05. The van der Waals surface area contributed by atoms with Gasteiger partial charge in [0.25, 0.3) is 10.0 Å². The maximum absolute atomic E-state index is 12.9. The molecule has 28 heavy (non-hydrogen) atoms. The third-order valence-electron chi connectivity index (χ3n) is 4.36. The summed E-state index contributed by atoms with van der Waals surface area (Å²) in [6.07, 6.45) is 2.40. The number of benzene rings is 2. The molecule has 1 N–H and O–H groups in total. The number of nitrogens with one attached hydrogen (secondary N) is 1. The third kappa shape index (κ3) is 3.65. The smallest absolute Gasteiger partial charge is 0.262 e. The molecular weight excluding hydrogens is 380 g/mol. The molecule has 2 aromatic carbocycles. The van der Waals surface area contributed by atoms with E-state index in [1.165, 1.54) is 12.1 Å². The van der Waals surface area contributed by atoms with Crippen LogP contribution < -0.4 is 14.2 Å². The minimum atomic E-state index is -3.79. The zero-order valence-electron chi connectivity index (χ0n) is 15.3. The first kappa shape index (κ1) is 18.3. The summed E-state index contributed by atoms with van der Waals surface area (Å²) < 4.78 is 41.4. The number of aryl methyl sites for hydroxylation is 1. The van der Waals surface area contributed by atoms with Crippen LogP contribution in [0.4, 0.5) is 5.69 Å². The van der Waals surface area contributed by atoms with Crippen molar-refractivity contribution in [2.24, 2.45) is 0 Å². The summed E-state index contributed by atoms with van der Waals surface area (Å²) in [5, 5.41) is 8.03. The van der Waals surface area contributed by atoms with Crippen LogP contribution in [0, 0.1) is 0 Å². The van der Waals surface area contributed by atoms with E-state index in [0.29, 0.717) is 36.2 Å². The fourth-order valence-corrected chi connectivity index (χ4v) is 4.02. The topological polar surface area (TPSA) is 95.3 Å². The van der Waals surface area contributed by atoms with Crippen molar-refractivity contribution >= 4 is 15.7 Å². The number of rotatable bonds is 5. The standard InChI is InChI=1S/C19H20N4O4S/c1-2-23-13-20-21-19(23)14-5-3-6-15(11-14)22-28(24,25)16-7-8-17-18(12-16)27-10-4-9-26-17/h3,5-8,11-13,22H,2,4,9-10H2,1H3. The van der Waals surface area contributed by atoms with E-state index in [4.69, 9.17) is 9.47 Å². The summed E-state index contributed by atoms with van der Waals surface area (Å²) >= 11 is 0. The SMILES string of the molecule is CCn1cnnc1-c1cccc(NS(=O)(=O)c2ccc3c(c2)OCCCO3)c1. The molecule has 0 aliphatic carbocycles. The predicted octanol–water partition coefficient (Wildman–Crippen LogP) is 2.93. The molecule has 1 aromatic heterocycles. The zero-order valence-corrected chi connectivity index (χ0v) is 16.1. The maximum atomic E-state index is 12.9. The summed E-state index contributed by atoms with van der Waals surface area (Å²) in [5.41, 5.74) is 1.22. The van der Waals surface area contributed by atoms with Gasteiger partial charge in [-0.05, 0) is 31.2 Å². The summed E-state index contributed by atoms with van der Waals surface area (Å²) in [4.78, 5) is 0.110. The van der Waals surface area contributed by atoms with E-state index in [1.54, 1.807) is 30.6 Å². The molecule has 0 atom stereocenters. The van der Waals surface area contributed by atoms with E-state index < -0.39 is 10.0 Å². The molecule has 1 aliphatic rings. The van der Waals surface area contributed by atoms with Crippen molar-refractivity contribution in [3.05, 3.63) is 48.8 Å². The van der Waals surface area contributed by atoms with Crippen LogP contribution in [0.25, 0.3) is 11.4 Å². The molecule has 1 aliphatic heterocycles. The highest BCUT2D eigenvalue weighted by atomic mass is 32.2. The highest BCUT2D eigenvalue weighted by Crippen LogP contribution is 2.32. The fraction of sp³-hybridized carbons (Fsp3) is 0.263. The van der Waals surface area contributed by atoms with Gasteiger partial charge in [-0.25, -0.2) is 8.42 Å². The van der Waals surface area contributed by atoms with Crippen LogP contribution >= 0.6 is 0 Å². The van der Waals surface area contributed by atoms with Crippen molar-refractivity contribution < 1.29 is 17.9 Å². The first-order chi connectivity index (χ1) is 13.6. The van der Waals surface area contributed by atoms with Crippen LogP contribution in [-0.2, 0) is 16.6 Å². The molecule has 2 heterocycles.